The molecule has 110 valence electrons. The first kappa shape index (κ1) is 13.9. The van der Waals surface area contributed by atoms with Crippen molar-refractivity contribution in [3.05, 3.63) is 24.3 Å². The Bertz CT molecular complexity index is 590. The first-order valence-corrected chi connectivity index (χ1v) is 8.44. The summed E-state index contributed by atoms with van der Waals surface area (Å²) in [6.07, 6.45) is 2.73. The fourth-order valence-corrected chi connectivity index (χ4v) is 3.85. The van der Waals surface area contributed by atoms with Crippen LogP contribution in [0.4, 0.5) is 5.69 Å². The highest BCUT2D eigenvalue weighted by Crippen LogP contribution is 2.30. The van der Waals surface area contributed by atoms with E-state index < -0.39 is 10.0 Å². The van der Waals surface area contributed by atoms with Crippen LogP contribution in [0.25, 0.3) is 0 Å². The number of anilines is 1. The molecule has 0 amide bonds. The first-order valence-electron chi connectivity index (χ1n) is 6.96. The molecule has 0 spiro atoms. The van der Waals surface area contributed by atoms with Crippen molar-refractivity contribution in [3.63, 3.8) is 0 Å². The van der Waals surface area contributed by atoms with Crippen LogP contribution >= 0.6 is 0 Å². The molecule has 3 rings (SSSR count). The van der Waals surface area contributed by atoms with Gasteiger partial charge in [0.05, 0.1) is 17.8 Å². The number of nitrogens with one attached hydrogen (secondary N) is 2. The second-order valence-corrected chi connectivity index (χ2v) is 7.56. The molecule has 1 aromatic carbocycles. The molecule has 1 heterocycles. The Kier molecular flexibility index (Phi) is 3.48. The van der Waals surface area contributed by atoms with E-state index in [9.17, 15) is 8.42 Å². The van der Waals surface area contributed by atoms with Gasteiger partial charge in [-0.25, -0.2) is 13.1 Å². The molecule has 0 aromatic heterocycles. The molecule has 1 aliphatic carbocycles. The minimum Gasteiger partial charge on any atom is -0.379 e. The molecule has 5 nitrogen and oxygen atoms in total. The van der Waals surface area contributed by atoms with Gasteiger partial charge in [-0.2, -0.15) is 0 Å². The fourth-order valence-electron chi connectivity index (χ4n) is 2.38. The quantitative estimate of drug-likeness (QED) is 0.868. The number of rotatable bonds is 5. The molecular weight excluding hydrogens is 276 g/mol. The molecule has 2 aliphatic rings. The molecule has 20 heavy (non-hydrogen) atoms. The minimum atomic E-state index is -3.45. The Morgan fingerprint density at radius 1 is 1.30 bits per heavy atom. The Hall–Kier alpha value is -1.11. The fraction of sp³-hybridized carbons (Fsp3) is 0.571. The van der Waals surface area contributed by atoms with E-state index in [-0.39, 0.29) is 11.6 Å². The SMILES string of the molecule is CC1(Nc2ccccc2S(=O)(=O)NC2CC2)CCOC1. The number of ether oxygens (including phenoxy) is 1. The van der Waals surface area contributed by atoms with Crippen LogP contribution in [0.2, 0.25) is 0 Å². The van der Waals surface area contributed by atoms with Gasteiger partial charge in [0.15, 0.2) is 0 Å². The summed E-state index contributed by atoms with van der Waals surface area (Å²) in [7, 11) is -3.45. The summed E-state index contributed by atoms with van der Waals surface area (Å²) in [5, 5.41) is 3.34. The molecule has 0 radical (unpaired) electrons. The summed E-state index contributed by atoms with van der Waals surface area (Å²) in [6, 6.07) is 7.16. The highest BCUT2D eigenvalue weighted by Gasteiger charge is 2.33. The van der Waals surface area contributed by atoms with Gasteiger partial charge in [-0.1, -0.05) is 12.1 Å². The van der Waals surface area contributed by atoms with Gasteiger partial charge in [0, 0.05) is 12.6 Å². The van der Waals surface area contributed by atoms with E-state index in [0.29, 0.717) is 23.8 Å². The molecule has 1 saturated heterocycles. The maximum atomic E-state index is 12.4. The Labute approximate surface area is 119 Å². The molecular formula is C14H20N2O3S. The van der Waals surface area contributed by atoms with E-state index in [4.69, 9.17) is 4.74 Å². The zero-order valence-corrected chi connectivity index (χ0v) is 12.4. The van der Waals surface area contributed by atoms with Crippen molar-refractivity contribution >= 4 is 15.7 Å². The second kappa shape index (κ2) is 5.02. The molecule has 1 saturated carbocycles. The van der Waals surface area contributed by atoms with Crippen LogP contribution in [-0.4, -0.2) is 33.2 Å². The van der Waals surface area contributed by atoms with E-state index in [2.05, 4.69) is 17.0 Å². The molecule has 6 heteroatoms. The Morgan fingerprint density at radius 3 is 2.70 bits per heavy atom. The predicted molar refractivity (Wildman–Crippen MR) is 77.2 cm³/mol. The van der Waals surface area contributed by atoms with Gasteiger partial charge in [-0.3, -0.25) is 0 Å². The van der Waals surface area contributed by atoms with Gasteiger partial charge < -0.3 is 10.1 Å². The molecule has 1 aromatic rings. The van der Waals surface area contributed by atoms with Crippen molar-refractivity contribution in [1.82, 2.24) is 4.72 Å². The van der Waals surface area contributed by atoms with Crippen molar-refractivity contribution in [2.24, 2.45) is 0 Å². The standard InChI is InChI=1S/C14H20N2O3S/c1-14(8-9-19-10-14)15-12-4-2-3-5-13(12)20(17,18)16-11-6-7-11/h2-5,11,15-16H,6-10H2,1H3. The molecule has 1 aliphatic heterocycles. The minimum absolute atomic E-state index is 0.110. The second-order valence-electron chi connectivity index (χ2n) is 5.88. The lowest BCUT2D eigenvalue weighted by Crippen LogP contribution is -2.36. The van der Waals surface area contributed by atoms with Crippen molar-refractivity contribution in [2.75, 3.05) is 18.5 Å². The van der Waals surface area contributed by atoms with Gasteiger partial charge in [0.1, 0.15) is 4.90 Å². The third-order valence-electron chi connectivity index (χ3n) is 3.73. The molecule has 1 atom stereocenters. The maximum Gasteiger partial charge on any atom is 0.242 e. The van der Waals surface area contributed by atoms with Crippen LogP contribution < -0.4 is 10.0 Å². The topological polar surface area (TPSA) is 67.4 Å². The predicted octanol–water partition coefficient (Wildman–Crippen LogP) is 1.72. The van der Waals surface area contributed by atoms with Crippen LogP contribution in [0.3, 0.4) is 0 Å². The zero-order chi connectivity index (χ0) is 14.2. The van der Waals surface area contributed by atoms with Gasteiger partial charge in [-0.05, 0) is 38.3 Å². The van der Waals surface area contributed by atoms with Crippen LogP contribution in [0.1, 0.15) is 26.2 Å². The lowest BCUT2D eigenvalue weighted by atomic mass is 10.0. The lowest BCUT2D eigenvalue weighted by molar-refractivity contribution is 0.185. The summed E-state index contributed by atoms with van der Waals surface area (Å²) in [4.78, 5) is 0.319. The van der Waals surface area contributed by atoms with Crippen LogP contribution in [0.5, 0.6) is 0 Å². The average molecular weight is 296 g/mol. The summed E-state index contributed by atoms with van der Waals surface area (Å²) in [5.41, 5.74) is 0.444. The summed E-state index contributed by atoms with van der Waals surface area (Å²) < 4.78 is 32.9. The zero-order valence-electron chi connectivity index (χ0n) is 11.6. The number of sulfonamides is 1. The van der Waals surface area contributed by atoms with E-state index in [1.54, 1.807) is 12.1 Å². The summed E-state index contributed by atoms with van der Waals surface area (Å²) >= 11 is 0. The maximum absolute atomic E-state index is 12.4. The molecule has 0 bridgehead atoms. The van der Waals surface area contributed by atoms with Crippen molar-refractivity contribution < 1.29 is 13.2 Å². The first-order chi connectivity index (χ1) is 9.49. The normalized spacial score (nSPS) is 26.6. The highest BCUT2D eigenvalue weighted by atomic mass is 32.2. The number of para-hydroxylation sites is 1. The van der Waals surface area contributed by atoms with Crippen molar-refractivity contribution in [3.8, 4) is 0 Å². The van der Waals surface area contributed by atoms with Crippen LogP contribution in [0.15, 0.2) is 29.2 Å². The monoisotopic (exact) mass is 296 g/mol. The van der Waals surface area contributed by atoms with E-state index in [1.165, 1.54) is 0 Å². The van der Waals surface area contributed by atoms with Crippen LogP contribution in [-0.2, 0) is 14.8 Å². The van der Waals surface area contributed by atoms with Gasteiger partial charge >= 0.3 is 0 Å². The van der Waals surface area contributed by atoms with E-state index >= 15 is 0 Å². The molecule has 2 fully saturated rings. The van der Waals surface area contributed by atoms with E-state index in [1.807, 2.05) is 12.1 Å². The smallest absolute Gasteiger partial charge is 0.242 e. The Morgan fingerprint density at radius 2 is 2.05 bits per heavy atom. The highest BCUT2D eigenvalue weighted by molar-refractivity contribution is 7.89. The van der Waals surface area contributed by atoms with E-state index in [0.717, 1.165) is 19.3 Å². The van der Waals surface area contributed by atoms with Crippen molar-refractivity contribution in [1.29, 1.82) is 0 Å². The number of hydrogen-bond acceptors (Lipinski definition) is 4. The summed E-state index contributed by atoms with van der Waals surface area (Å²) in [5.74, 6) is 0. The lowest BCUT2D eigenvalue weighted by Gasteiger charge is -2.26. The van der Waals surface area contributed by atoms with Crippen LogP contribution in [0, 0.1) is 0 Å². The van der Waals surface area contributed by atoms with Gasteiger partial charge in [0.25, 0.3) is 0 Å². The largest absolute Gasteiger partial charge is 0.379 e. The number of benzene rings is 1. The van der Waals surface area contributed by atoms with Gasteiger partial charge in [-0.15, -0.1) is 0 Å². The molecule has 2 N–H and O–H groups in total. The third kappa shape index (κ3) is 2.97. The van der Waals surface area contributed by atoms with Gasteiger partial charge in [0.2, 0.25) is 10.0 Å². The van der Waals surface area contributed by atoms with Crippen molar-refractivity contribution in [2.45, 2.75) is 42.7 Å². The number of hydrogen-bond donors (Lipinski definition) is 2. The third-order valence-corrected chi connectivity index (χ3v) is 5.31. The average Bonchev–Trinajstić information content (AvgIpc) is 3.09. The Balaban J connectivity index is 1.87. The molecule has 1 unspecified atom stereocenters. The summed E-state index contributed by atoms with van der Waals surface area (Å²) in [6.45, 7) is 3.36.